The summed E-state index contributed by atoms with van der Waals surface area (Å²) in [5.41, 5.74) is 1.09. The topological polar surface area (TPSA) is 25.4 Å². The van der Waals surface area contributed by atoms with Crippen molar-refractivity contribution in [2.75, 3.05) is 20.2 Å². The molecule has 22 heavy (non-hydrogen) atoms. The number of aryl methyl sites for hydroxylation is 1. The van der Waals surface area contributed by atoms with Gasteiger partial charge in [0.2, 0.25) is 0 Å². The van der Waals surface area contributed by atoms with Crippen molar-refractivity contribution in [3.8, 4) is 17.6 Å². The molecule has 0 radical (unpaired) electrons. The molecule has 0 saturated carbocycles. The molecule has 1 aliphatic rings. The third kappa shape index (κ3) is 5.35. The van der Waals surface area contributed by atoms with Crippen LogP contribution in [-0.4, -0.2) is 36.1 Å². The molecule has 0 aliphatic carbocycles. The maximum absolute atomic E-state index is 6.05. The summed E-state index contributed by atoms with van der Waals surface area (Å²) in [6.07, 6.45) is 9.55. The first-order valence-electron chi connectivity index (χ1n) is 8.54. The molecule has 120 valence electrons. The quantitative estimate of drug-likeness (QED) is 0.567. The smallest absolute Gasteiger partial charge is 0.140 e. The van der Waals surface area contributed by atoms with E-state index in [1.807, 2.05) is 18.3 Å². The Bertz CT molecular complexity index is 504. The largest absolute Gasteiger partial charge is 0.490 e. The van der Waals surface area contributed by atoms with Crippen molar-refractivity contribution in [1.82, 2.24) is 9.88 Å². The molecule has 0 N–H and O–H groups in total. The van der Waals surface area contributed by atoms with Crippen molar-refractivity contribution in [2.45, 2.75) is 57.9 Å². The van der Waals surface area contributed by atoms with Gasteiger partial charge in [-0.15, -0.1) is 11.8 Å². The molecule has 0 unspecified atom stereocenters. The van der Waals surface area contributed by atoms with Crippen molar-refractivity contribution in [3.05, 3.63) is 24.0 Å². The Morgan fingerprint density at radius 2 is 2.27 bits per heavy atom. The van der Waals surface area contributed by atoms with Gasteiger partial charge in [0, 0.05) is 25.1 Å². The molecule has 0 amide bonds. The Kier molecular flexibility index (Phi) is 7.25. The number of rotatable bonds is 7. The lowest BCUT2D eigenvalue weighted by atomic mass is 10.1. The number of aromatic nitrogens is 1. The van der Waals surface area contributed by atoms with E-state index in [9.17, 15) is 0 Å². The van der Waals surface area contributed by atoms with Gasteiger partial charge in [-0.05, 0) is 57.8 Å². The van der Waals surface area contributed by atoms with Crippen LogP contribution < -0.4 is 4.74 Å². The SMILES string of the molecule is CCC#CCCCCc1ncccc1OC[C@@H]1CCCN1C. The fourth-order valence-electron chi connectivity index (χ4n) is 2.84. The Hall–Kier alpha value is -1.53. The Labute approximate surface area is 135 Å². The summed E-state index contributed by atoms with van der Waals surface area (Å²) in [4.78, 5) is 6.89. The molecule has 1 aliphatic heterocycles. The summed E-state index contributed by atoms with van der Waals surface area (Å²) >= 11 is 0. The highest BCUT2D eigenvalue weighted by Crippen LogP contribution is 2.21. The molecule has 1 aromatic rings. The first kappa shape index (κ1) is 16.8. The molecule has 1 aromatic heterocycles. The van der Waals surface area contributed by atoms with Gasteiger partial charge in [-0.3, -0.25) is 4.98 Å². The highest BCUT2D eigenvalue weighted by atomic mass is 16.5. The number of hydrogen-bond donors (Lipinski definition) is 0. The van der Waals surface area contributed by atoms with E-state index >= 15 is 0 Å². The van der Waals surface area contributed by atoms with Gasteiger partial charge in [-0.1, -0.05) is 6.92 Å². The Morgan fingerprint density at radius 3 is 3.05 bits per heavy atom. The van der Waals surface area contributed by atoms with E-state index in [4.69, 9.17) is 4.74 Å². The molecule has 0 bridgehead atoms. The Morgan fingerprint density at radius 1 is 1.36 bits per heavy atom. The predicted octanol–water partition coefficient (Wildman–Crippen LogP) is 3.68. The number of likely N-dealkylation sites (tertiary alicyclic amines) is 1. The van der Waals surface area contributed by atoms with E-state index in [0.717, 1.165) is 50.2 Å². The van der Waals surface area contributed by atoms with Crippen LogP contribution >= 0.6 is 0 Å². The maximum atomic E-state index is 6.05. The average Bonchev–Trinajstić information content (AvgIpc) is 2.95. The third-order valence-corrected chi connectivity index (χ3v) is 4.22. The number of hydrogen-bond acceptors (Lipinski definition) is 3. The summed E-state index contributed by atoms with van der Waals surface area (Å²) in [7, 11) is 2.18. The van der Waals surface area contributed by atoms with Gasteiger partial charge in [0.05, 0.1) is 5.69 Å². The summed E-state index contributed by atoms with van der Waals surface area (Å²) in [5, 5.41) is 0. The zero-order valence-electron chi connectivity index (χ0n) is 14.0. The second-order valence-corrected chi connectivity index (χ2v) is 5.95. The monoisotopic (exact) mass is 300 g/mol. The van der Waals surface area contributed by atoms with Crippen LogP contribution in [0.25, 0.3) is 0 Å². The van der Waals surface area contributed by atoms with Crippen LogP contribution in [0.2, 0.25) is 0 Å². The summed E-state index contributed by atoms with van der Waals surface area (Å²) in [5.74, 6) is 7.28. The minimum atomic E-state index is 0.553. The molecule has 0 spiro atoms. The van der Waals surface area contributed by atoms with Crippen molar-refractivity contribution >= 4 is 0 Å². The normalized spacial score (nSPS) is 18.0. The second kappa shape index (κ2) is 9.48. The van der Waals surface area contributed by atoms with Crippen LogP contribution in [0.5, 0.6) is 5.75 Å². The summed E-state index contributed by atoms with van der Waals surface area (Å²) < 4.78 is 6.05. The maximum Gasteiger partial charge on any atom is 0.140 e. The number of likely N-dealkylation sites (N-methyl/N-ethyl adjacent to an activating group) is 1. The first-order chi connectivity index (χ1) is 10.8. The van der Waals surface area contributed by atoms with E-state index in [1.165, 1.54) is 19.4 Å². The summed E-state index contributed by atoms with van der Waals surface area (Å²) in [6.45, 7) is 4.05. The van der Waals surface area contributed by atoms with E-state index < -0.39 is 0 Å². The molecule has 1 fully saturated rings. The van der Waals surface area contributed by atoms with Crippen molar-refractivity contribution < 1.29 is 4.74 Å². The summed E-state index contributed by atoms with van der Waals surface area (Å²) in [6, 6.07) is 4.57. The van der Waals surface area contributed by atoms with Gasteiger partial charge >= 0.3 is 0 Å². The van der Waals surface area contributed by atoms with E-state index in [1.54, 1.807) is 0 Å². The van der Waals surface area contributed by atoms with Gasteiger partial charge in [0.1, 0.15) is 12.4 Å². The van der Waals surface area contributed by atoms with Gasteiger partial charge in [0.15, 0.2) is 0 Å². The van der Waals surface area contributed by atoms with Crippen molar-refractivity contribution in [2.24, 2.45) is 0 Å². The van der Waals surface area contributed by atoms with Crippen LogP contribution in [0.3, 0.4) is 0 Å². The van der Waals surface area contributed by atoms with E-state index in [0.29, 0.717) is 6.04 Å². The standard InChI is InChI=1S/C19H28N2O/c1-3-4-5-6-7-8-12-18-19(13-9-14-20-18)22-16-17-11-10-15-21(17)2/h9,13-14,17H,3,6-8,10-12,15-16H2,1-2H3/t17-/m0/s1. The van der Waals surface area contributed by atoms with Gasteiger partial charge in [0.25, 0.3) is 0 Å². The van der Waals surface area contributed by atoms with Gasteiger partial charge in [-0.25, -0.2) is 0 Å². The molecule has 1 atom stereocenters. The second-order valence-electron chi connectivity index (χ2n) is 5.95. The molecular formula is C19H28N2O. The molecule has 3 heteroatoms. The first-order valence-corrected chi connectivity index (χ1v) is 8.54. The van der Waals surface area contributed by atoms with Crippen LogP contribution in [-0.2, 0) is 6.42 Å². The highest BCUT2D eigenvalue weighted by molar-refractivity contribution is 5.27. The van der Waals surface area contributed by atoms with E-state index in [-0.39, 0.29) is 0 Å². The molecular weight excluding hydrogens is 272 g/mol. The van der Waals surface area contributed by atoms with Gasteiger partial charge in [-0.2, -0.15) is 0 Å². The third-order valence-electron chi connectivity index (χ3n) is 4.22. The molecule has 3 nitrogen and oxygen atoms in total. The van der Waals surface area contributed by atoms with Crippen molar-refractivity contribution in [3.63, 3.8) is 0 Å². The number of nitrogens with zero attached hydrogens (tertiary/aromatic N) is 2. The van der Waals surface area contributed by atoms with Crippen LogP contribution in [0.15, 0.2) is 18.3 Å². The average molecular weight is 300 g/mol. The molecule has 0 aromatic carbocycles. The molecule has 2 heterocycles. The van der Waals surface area contributed by atoms with E-state index in [2.05, 4.69) is 35.7 Å². The predicted molar refractivity (Wildman–Crippen MR) is 91.0 cm³/mol. The lowest BCUT2D eigenvalue weighted by Gasteiger charge is -2.20. The molecule has 1 saturated heterocycles. The number of ether oxygens (including phenoxy) is 1. The Balaban J connectivity index is 1.79. The number of unbranched alkanes of at least 4 members (excludes halogenated alkanes) is 2. The zero-order valence-corrected chi connectivity index (χ0v) is 14.0. The molecule has 2 rings (SSSR count). The minimum absolute atomic E-state index is 0.553. The van der Waals surface area contributed by atoms with Gasteiger partial charge < -0.3 is 9.64 Å². The minimum Gasteiger partial charge on any atom is -0.490 e. The van der Waals surface area contributed by atoms with Crippen LogP contribution in [0.1, 0.15) is 51.1 Å². The lowest BCUT2D eigenvalue weighted by molar-refractivity contribution is 0.196. The highest BCUT2D eigenvalue weighted by Gasteiger charge is 2.21. The zero-order chi connectivity index (χ0) is 15.6. The van der Waals surface area contributed by atoms with Crippen LogP contribution in [0.4, 0.5) is 0 Å². The number of pyridine rings is 1. The lowest BCUT2D eigenvalue weighted by Crippen LogP contribution is -2.30. The van der Waals surface area contributed by atoms with Crippen molar-refractivity contribution in [1.29, 1.82) is 0 Å². The van der Waals surface area contributed by atoms with Crippen LogP contribution in [0, 0.1) is 11.8 Å². The fourth-order valence-corrected chi connectivity index (χ4v) is 2.84. The fraction of sp³-hybridized carbons (Fsp3) is 0.632.